The van der Waals surface area contributed by atoms with Crippen LogP contribution in [0.2, 0.25) is 10.0 Å². The average Bonchev–Trinajstić information content (AvgIpc) is 2.93. The van der Waals surface area contributed by atoms with Crippen LogP contribution in [0, 0.1) is 0 Å². The van der Waals surface area contributed by atoms with Gasteiger partial charge < -0.3 is 15.1 Å². The molecule has 0 unspecified atom stereocenters. The van der Waals surface area contributed by atoms with Gasteiger partial charge in [-0.3, -0.25) is 14.9 Å². The number of piperazine rings is 1. The van der Waals surface area contributed by atoms with Gasteiger partial charge in [0.2, 0.25) is 11.9 Å². The predicted molar refractivity (Wildman–Crippen MR) is 98.1 cm³/mol. The highest BCUT2D eigenvalue weighted by atomic mass is 35.5. The van der Waals surface area contributed by atoms with E-state index in [9.17, 15) is 9.59 Å². The summed E-state index contributed by atoms with van der Waals surface area (Å²) < 4.78 is 0. The van der Waals surface area contributed by atoms with Gasteiger partial charge in [0.1, 0.15) is 6.04 Å². The van der Waals surface area contributed by atoms with Crippen LogP contribution in [0.4, 0.5) is 5.69 Å². The molecule has 2 N–H and O–H groups in total. The van der Waals surface area contributed by atoms with Crippen LogP contribution < -0.4 is 10.6 Å². The monoisotopic (exact) mass is 383 g/mol. The van der Waals surface area contributed by atoms with Gasteiger partial charge in [-0.25, -0.2) is 4.99 Å². The lowest BCUT2D eigenvalue weighted by Gasteiger charge is -2.33. The Morgan fingerprint density at radius 1 is 1.32 bits per heavy atom. The maximum atomic E-state index is 12.2. The van der Waals surface area contributed by atoms with E-state index in [1.807, 2.05) is 4.90 Å². The van der Waals surface area contributed by atoms with Crippen LogP contribution >= 0.6 is 23.2 Å². The van der Waals surface area contributed by atoms with Gasteiger partial charge in [0, 0.05) is 26.2 Å². The molecule has 0 aromatic heterocycles. The van der Waals surface area contributed by atoms with Gasteiger partial charge in [-0.2, -0.15) is 0 Å². The number of aliphatic imine (C=N–C) groups is 1. The average molecular weight is 384 g/mol. The number of rotatable bonds is 3. The minimum absolute atomic E-state index is 0.0497. The molecule has 1 saturated heterocycles. The van der Waals surface area contributed by atoms with E-state index in [1.165, 1.54) is 0 Å². The Labute approximate surface area is 156 Å². The predicted octanol–water partition coefficient (Wildman–Crippen LogP) is 1.42. The normalized spacial score (nSPS) is 21.1. The lowest BCUT2D eigenvalue weighted by Crippen LogP contribution is -2.50. The second-order valence-electron chi connectivity index (χ2n) is 6.10. The highest BCUT2D eigenvalue weighted by Gasteiger charge is 2.32. The van der Waals surface area contributed by atoms with Gasteiger partial charge >= 0.3 is 0 Å². The lowest BCUT2D eigenvalue weighted by atomic mass is 10.2. The first-order valence-corrected chi connectivity index (χ1v) is 8.75. The van der Waals surface area contributed by atoms with Crippen molar-refractivity contribution in [3.63, 3.8) is 0 Å². The first kappa shape index (κ1) is 18.0. The highest BCUT2D eigenvalue weighted by Crippen LogP contribution is 2.29. The molecule has 134 valence electrons. The van der Waals surface area contributed by atoms with Crippen LogP contribution in [0.3, 0.4) is 0 Å². The van der Waals surface area contributed by atoms with Gasteiger partial charge in [-0.05, 0) is 19.2 Å². The van der Waals surface area contributed by atoms with Gasteiger partial charge in [-0.1, -0.05) is 29.3 Å². The molecule has 1 aromatic carbocycles. The number of halogens is 2. The summed E-state index contributed by atoms with van der Waals surface area (Å²) in [6.45, 7) is 3.42. The van der Waals surface area contributed by atoms with Crippen LogP contribution in [-0.4, -0.2) is 66.8 Å². The largest absolute Gasteiger partial charge is 0.340 e. The van der Waals surface area contributed by atoms with E-state index in [1.54, 1.807) is 18.2 Å². The van der Waals surface area contributed by atoms with Crippen molar-refractivity contribution < 1.29 is 9.59 Å². The van der Waals surface area contributed by atoms with E-state index in [0.29, 0.717) is 16.7 Å². The Bertz CT molecular complexity index is 716. The quantitative estimate of drug-likeness (QED) is 0.827. The van der Waals surface area contributed by atoms with Crippen molar-refractivity contribution in [2.24, 2.45) is 4.99 Å². The minimum atomic E-state index is -0.729. The first-order chi connectivity index (χ1) is 11.9. The molecule has 0 spiro atoms. The number of nitrogens with one attached hydrogen (secondary N) is 2. The molecule has 1 fully saturated rings. The molecule has 1 aromatic rings. The van der Waals surface area contributed by atoms with Crippen molar-refractivity contribution in [2.45, 2.75) is 12.5 Å². The fourth-order valence-electron chi connectivity index (χ4n) is 2.73. The molecule has 0 radical (unpaired) electrons. The van der Waals surface area contributed by atoms with Gasteiger partial charge in [-0.15, -0.1) is 0 Å². The number of hydrogen-bond donors (Lipinski definition) is 2. The molecule has 2 amide bonds. The molecule has 0 saturated carbocycles. The summed E-state index contributed by atoms with van der Waals surface area (Å²) in [5, 5.41) is 6.07. The van der Waals surface area contributed by atoms with Crippen molar-refractivity contribution in [3.8, 4) is 0 Å². The van der Waals surface area contributed by atoms with Crippen molar-refractivity contribution >= 4 is 46.7 Å². The number of hydrogen-bond acceptors (Lipinski definition) is 5. The van der Waals surface area contributed by atoms with Crippen LogP contribution in [0.5, 0.6) is 0 Å². The summed E-state index contributed by atoms with van der Waals surface area (Å²) in [5.41, 5.74) is 0.417. The van der Waals surface area contributed by atoms with E-state index in [-0.39, 0.29) is 23.3 Å². The molecule has 3 rings (SSSR count). The Morgan fingerprint density at radius 3 is 2.76 bits per heavy atom. The third-order valence-electron chi connectivity index (χ3n) is 4.22. The zero-order valence-corrected chi connectivity index (χ0v) is 15.3. The fraction of sp³-hybridized carbons (Fsp3) is 0.438. The maximum absolute atomic E-state index is 12.2. The second-order valence-corrected chi connectivity index (χ2v) is 6.89. The Kier molecular flexibility index (Phi) is 5.46. The van der Waals surface area contributed by atoms with E-state index in [2.05, 4.69) is 27.6 Å². The minimum Gasteiger partial charge on any atom is -0.340 e. The number of amides is 2. The van der Waals surface area contributed by atoms with Crippen LogP contribution in [0.25, 0.3) is 0 Å². The third kappa shape index (κ3) is 4.23. The Morgan fingerprint density at radius 2 is 2.04 bits per heavy atom. The molecule has 0 bridgehead atoms. The molecular formula is C16H19Cl2N5O2. The van der Waals surface area contributed by atoms with Crippen LogP contribution in [-0.2, 0) is 9.59 Å². The topological polar surface area (TPSA) is 77.0 Å². The van der Waals surface area contributed by atoms with Gasteiger partial charge in [0.15, 0.2) is 0 Å². The molecule has 2 aliphatic heterocycles. The maximum Gasteiger partial charge on any atom is 0.252 e. The standard InChI is InChI=1S/C16H19Cl2N5O2/c1-22-5-7-23(8-6-22)16-20-12(15(25)21-16)9-13(24)19-11-4-2-3-10(17)14(11)18/h2-4,12H,5-9H2,1H3,(H,19,24)(H,20,21,25)/t12-/m1/s1. The van der Waals surface area contributed by atoms with Gasteiger partial charge in [0.25, 0.3) is 5.91 Å². The molecular weight excluding hydrogens is 365 g/mol. The Balaban J connectivity index is 1.61. The Hall–Kier alpha value is -1.83. The first-order valence-electron chi connectivity index (χ1n) is 8.00. The second kappa shape index (κ2) is 7.59. The summed E-state index contributed by atoms with van der Waals surface area (Å²) in [6, 6.07) is 4.25. The molecule has 9 heteroatoms. The number of guanidine groups is 1. The van der Waals surface area contributed by atoms with Crippen molar-refractivity contribution in [1.82, 2.24) is 15.1 Å². The number of likely N-dealkylation sites (N-methyl/N-ethyl adjacent to an activating group) is 1. The lowest BCUT2D eigenvalue weighted by molar-refractivity contribution is -0.124. The van der Waals surface area contributed by atoms with E-state index in [0.717, 1.165) is 26.2 Å². The zero-order valence-electron chi connectivity index (χ0n) is 13.8. The zero-order chi connectivity index (χ0) is 18.0. The SMILES string of the molecule is CN1CCN(C2=N[C@H](CC(=O)Nc3cccc(Cl)c3Cl)C(=O)N2)CC1. The molecule has 25 heavy (non-hydrogen) atoms. The summed E-state index contributed by atoms with van der Waals surface area (Å²) in [6.07, 6.45) is -0.0497. The summed E-state index contributed by atoms with van der Waals surface area (Å²) in [4.78, 5) is 33.0. The molecule has 2 heterocycles. The molecule has 0 aliphatic carbocycles. The van der Waals surface area contributed by atoms with E-state index < -0.39 is 6.04 Å². The number of carbonyl (C=O) groups is 2. The number of benzene rings is 1. The van der Waals surface area contributed by atoms with E-state index >= 15 is 0 Å². The highest BCUT2D eigenvalue weighted by molar-refractivity contribution is 6.44. The van der Waals surface area contributed by atoms with Gasteiger partial charge in [0.05, 0.1) is 22.2 Å². The number of nitrogens with zero attached hydrogens (tertiary/aromatic N) is 3. The third-order valence-corrected chi connectivity index (χ3v) is 5.04. The number of anilines is 1. The van der Waals surface area contributed by atoms with E-state index in [4.69, 9.17) is 23.2 Å². The van der Waals surface area contributed by atoms with Crippen molar-refractivity contribution in [1.29, 1.82) is 0 Å². The smallest absolute Gasteiger partial charge is 0.252 e. The molecule has 7 nitrogen and oxygen atoms in total. The molecule has 1 atom stereocenters. The summed E-state index contributed by atoms with van der Waals surface area (Å²) >= 11 is 12.0. The van der Waals surface area contributed by atoms with Crippen molar-refractivity contribution in [2.75, 3.05) is 38.5 Å². The number of carbonyl (C=O) groups excluding carboxylic acids is 2. The van der Waals surface area contributed by atoms with Crippen molar-refractivity contribution in [3.05, 3.63) is 28.2 Å². The summed E-state index contributed by atoms with van der Waals surface area (Å²) in [5.74, 6) is -0.0503. The van der Waals surface area contributed by atoms with Crippen LogP contribution in [0.1, 0.15) is 6.42 Å². The fourth-order valence-corrected chi connectivity index (χ4v) is 3.07. The molecule has 2 aliphatic rings. The van der Waals surface area contributed by atoms with Crippen LogP contribution in [0.15, 0.2) is 23.2 Å². The summed E-state index contributed by atoms with van der Waals surface area (Å²) in [7, 11) is 2.06.